The molecule has 2 aliphatic heterocycles. The lowest BCUT2D eigenvalue weighted by Crippen LogP contribution is -2.49. The number of halogens is 2. The third kappa shape index (κ3) is 4.32. The van der Waals surface area contributed by atoms with E-state index < -0.39 is 5.82 Å². The Morgan fingerprint density at radius 3 is 2.32 bits per heavy atom. The maximum Gasteiger partial charge on any atom is 0.351 e. The van der Waals surface area contributed by atoms with Crippen molar-refractivity contribution >= 4 is 17.6 Å². The number of hydrogen-bond acceptors (Lipinski definition) is 4. The van der Waals surface area contributed by atoms with Gasteiger partial charge in [0.25, 0.3) is 0 Å². The normalized spacial score (nSPS) is 17.2. The number of carbonyl (C=O) groups is 1. The van der Waals surface area contributed by atoms with Crippen LogP contribution in [-0.4, -0.2) is 61.3 Å². The van der Waals surface area contributed by atoms with E-state index in [4.69, 9.17) is 11.6 Å². The van der Waals surface area contributed by atoms with Crippen molar-refractivity contribution in [1.82, 2.24) is 29.1 Å². The maximum atomic E-state index is 13.5. The third-order valence-corrected chi connectivity index (χ3v) is 6.91. The van der Waals surface area contributed by atoms with Crippen LogP contribution in [0.2, 0.25) is 5.02 Å². The number of pyridine rings is 1. The molecule has 0 atom stereocenters. The second-order valence-corrected chi connectivity index (χ2v) is 9.17. The highest BCUT2D eigenvalue weighted by atomic mass is 35.5. The summed E-state index contributed by atoms with van der Waals surface area (Å²) in [4.78, 5) is 34.2. The zero-order valence-corrected chi connectivity index (χ0v) is 19.5. The minimum Gasteiger partial charge on any atom is -0.325 e. The van der Waals surface area contributed by atoms with E-state index in [0.29, 0.717) is 48.0 Å². The summed E-state index contributed by atoms with van der Waals surface area (Å²) in [7, 11) is 0. The SMILES string of the molecule is O=C(N1CCCCC1)N1CCC(n2nc(-c3ccncc3Cl)n(-c3ccc(F)cc3)c2=O)CC1. The van der Waals surface area contributed by atoms with Crippen LogP contribution in [0.15, 0.2) is 47.5 Å². The third-order valence-electron chi connectivity index (χ3n) is 6.61. The van der Waals surface area contributed by atoms with Gasteiger partial charge in [0.15, 0.2) is 5.82 Å². The lowest BCUT2D eigenvalue weighted by Gasteiger charge is -2.36. The number of likely N-dealkylation sites (tertiary alicyclic amines) is 2. The molecule has 0 radical (unpaired) electrons. The molecule has 178 valence electrons. The summed E-state index contributed by atoms with van der Waals surface area (Å²) < 4.78 is 16.5. The standard InChI is InChI=1S/C24H26ClFN6O2/c25-21-16-27-11-8-20(21)22-28-32(24(34)31(22)18-6-4-17(26)5-7-18)19-9-14-30(15-10-19)23(33)29-12-2-1-3-13-29/h4-8,11,16,19H,1-3,9-10,12-15H2. The van der Waals surface area contributed by atoms with Gasteiger partial charge in [0.05, 0.1) is 16.8 Å². The topological polar surface area (TPSA) is 76.3 Å². The number of aromatic nitrogens is 4. The first-order chi connectivity index (χ1) is 16.5. The Morgan fingerprint density at radius 1 is 0.971 bits per heavy atom. The number of urea groups is 1. The van der Waals surface area contributed by atoms with E-state index in [1.165, 1.54) is 34.0 Å². The fourth-order valence-corrected chi connectivity index (χ4v) is 4.96. The molecule has 2 aliphatic rings. The highest BCUT2D eigenvalue weighted by Gasteiger charge is 2.30. The Balaban J connectivity index is 1.44. The average molecular weight is 485 g/mol. The van der Waals surface area contributed by atoms with Crippen LogP contribution >= 0.6 is 11.6 Å². The molecule has 0 unspecified atom stereocenters. The summed E-state index contributed by atoms with van der Waals surface area (Å²) in [5.74, 6) is -0.0192. The highest BCUT2D eigenvalue weighted by Crippen LogP contribution is 2.29. The van der Waals surface area contributed by atoms with E-state index in [9.17, 15) is 14.0 Å². The number of carbonyl (C=O) groups excluding carboxylic acids is 1. The maximum absolute atomic E-state index is 13.5. The second-order valence-electron chi connectivity index (χ2n) is 8.77. The number of rotatable bonds is 3. The molecule has 0 saturated carbocycles. The van der Waals surface area contributed by atoms with Gasteiger partial charge < -0.3 is 9.80 Å². The van der Waals surface area contributed by atoms with Crippen LogP contribution in [0.4, 0.5) is 9.18 Å². The number of piperidine rings is 2. The average Bonchev–Trinajstić information content (AvgIpc) is 3.21. The highest BCUT2D eigenvalue weighted by molar-refractivity contribution is 6.33. The molecule has 34 heavy (non-hydrogen) atoms. The van der Waals surface area contributed by atoms with Crippen molar-refractivity contribution in [3.63, 3.8) is 0 Å². The van der Waals surface area contributed by atoms with E-state index in [1.54, 1.807) is 24.4 Å². The summed E-state index contributed by atoms with van der Waals surface area (Å²) in [5, 5.41) is 5.04. The zero-order valence-electron chi connectivity index (χ0n) is 18.7. The lowest BCUT2D eigenvalue weighted by molar-refractivity contribution is 0.124. The van der Waals surface area contributed by atoms with Crippen LogP contribution in [-0.2, 0) is 0 Å². The molecule has 10 heteroatoms. The van der Waals surface area contributed by atoms with Gasteiger partial charge in [-0.25, -0.2) is 23.2 Å². The van der Waals surface area contributed by atoms with Crippen molar-refractivity contribution < 1.29 is 9.18 Å². The first-order valence-corrected chi connectivity index (χ1v) is 12.0. The van der Waals surface area contributed by atoms with Crippen molar-refractivity contribution in [3.8, 4) is 17.1 Å². The molecule has 2 amide bonds. The van der Waals surface area contributed by atoms with Crippen molar-refractivity contribution in [2.45, 2.75) is 38.1 Å². The van der Waals surface area contributed by atoms with E-state index in [-0.39, 0.29) is 17.8 Å². The Hall–Kier alpha value is -3.20. The Bertz CT molecular complexity index is 1230. The Labute approximate surface area is 201 Å². The van der Waals surface area contributed by atoms with Crippen LogP contribution in [0, 0.1) is 5.82 Å². The Morgan fingerprint density at radius 2 is 1.65 bits per heavy atom. The predicted molar refractivity (Wildman–Crippen MR) is 127 cm³/mol. The summed E-state index contributed by atoms with van der Waals surface area (Å²) in [6.07, 6.45) is 7.63. The molecule has 0 aliphatic carbocycles. The fourth-order valence-electron chi connectivity index (χ4n) is 4.76. The summed E-state index contributed by atoms with van der Waals surface area (Å²) in [6.45, 7) is 2.77. The lowest BCUT2D eigenvalue weighted by atomic mass is 10.1. The molecular formula is C24H26ClFN6O2. The van der Waals surface area contributed by atoms with Gasteiger partial charge in [-0.3, -0.25) is 4.98 Å². The summed E-state index contributed by atoms with van der Waals surface area (Å²) in [5.41, 5.74) is 0.739. The van der Waals surface area contributed by atoms with Gasteiger partial charge in [-0.15, -0.1) is 5.10 Å². The number of nitrogens with zero attached hydrogens (tertiary/aromatic N) is 6. The van der Waals surface area contributed by atoms with Crippen molar-refractivity contribution in [2.75, 3.05) is 26.2 Å². The molecule has 0 spiro atoms. The first-order valence-electron chi connectivity index (χ1n) is 11.6. The van der Waals surface area contributed by atoms with E-state index in [2.05, 4.69) is 10.1 Å². The van der Waals surface area contributed by atoms with E-state index in [1.807, 2.05) is 9.80 Å². The molecular weight excluding hydrogens is 459 g/mol. The van der Waals surface area contributed by atoms with E-state index in [0.717, 1.165) is 25.9 Å². The second kappa shape index (κ2) is 9.58. The van der Waals surface area contributed by atoms with Gasteiger partial charge in [0, 0.05) is 44.1 Å². The van der Waals surface area contributed by atoms with Crippen molar-refractivity contribution in [2.24, 2.45) is 0 Å². The number of amides is 2. The molecule has 2 saturated heterocycles. The van der Waals surface area contributed by atoms with Gasteiger partial charge in [-0.05, 0) is 62.4 Å². The minimum absolute atomic E-state index is 0.0894. The predicted octanol–water partition coefficient (Wildman–Crippen LogP) is 4.13. The van der Waals surface area contributed by atoms with Crippen molar-refractivity contribution in [1.29, 1.82) is 0 Å². The van der Waals surface area contributed by atoms with Gasteiger partial charge in [-0.1, -0.05) is 11.6 Å². The number of benzene rings is 1. The molecule has 2 aromatic heterocycles. The largest absolute Gasteiger partial charge is 0.351 e. The zero-order chi connectivity index (χ0) is 23.7. The van der Waals surface area contributed by atoms with E-state index >= 15 is 0 Å². The minimum atomic E-state index is -0.390. The first kappa shape index (κ1) is 22.6. The van der Waals surface area contributed by atoms with Crippen LogP contribution in [0.3, 0.4) is 0 Å². The van der Waals surface area contributed by atoms with Gasteiger partial charge in [0.2, 0.25) is 0 Å². The van der Waals surface area contributed by atoms with Crippen LogP contribution in [0.25, 0.3) is 17.1 Å². The number of hydrogen-bond donors (Lipinski definition) is 0. The molecule has 8 nitrogen and oxygen atoms in total. The van der Waals surface area contributed by atoms with Gasteiger partial charge >= 0.3 is 11.7 Å². The monoisotopic (exact) mass is 484 g/mol. The fraction of sp³-hybridized carbons (Fsp3) is 0.417. The smallest absolute Gasteiger partial charge is 0.325 e. The molecule has 2 fully saturated rings. The van der Waals surface area contributed by atoms with Gasteiger partial charge in [0.1, 0.15) is 5.82 Å². The molecule has 3 aromatic rings. The molecule has 0 N–H and O–H groups in total. The molecule has 5 rings (SSSR count). The van der Waals surface area contributed by atoms with Gasteiger partial charge in [-0.2, -0.15) is 0 Å². The molecule has 4 heterocycles. The Kier molecular flexibility index (Phi) is 6.36. The summed E-state index contributed by atoms with van der Waals surface area (Å²) in [6, 6.07) is 7.34. The summed E-state index contributed by atoms with van der Waals surface area (Å²) >= 11 is 6.38. The van der Waals surface area contributed by atoms with Crippen LogP contribution in [0.1, 0.15) is 38.1 Å². The molecule has 0 bridgehead atoms. The van der Waals surface area contributed by atoms with Crippen LogP contribution in [0.5, 0.6) is 0 Å². The molecule has 1 aromatic carbocycles. The van der Waals surface area contributed by atoms with Crippen LogP contribution < -0.4 is 5.69 Å². The van der Waals surface area contributed by atoms with Crippen molar-refractivity contribution in [3.05, 3.63) is 64.0 Å². The quantitative estimate of drug-likeness (QED) is 0.560.